The average molecular weight is 253 g/mol. The molecule has 18 heavy (non-hydrogen) atoms. The number of furan rings is 1. The molecule has 0 spiro atoms. The van der Waals surface area contributed by atoms with Crippen molar-refractivity contribution >= 4 is 0 Å². The largest absolute Gasteiger partial charge is 0.462 e. The fourth-order valence-electron chi connectivity index (χ4n) is 1.60. The van der Waals surface area contributed by atoms with E-state index in [0.29, 0.717) is 6.61 Å². The van der Waals surface area contributed by atoms with E-state index in [2.05, 4.69) is 46.0 Å². The zero-order chi connectivity index (χ0) is 13.6. The van der Waals surface area contributed by atoms with Crippen molar-refractivity contribution in [3.63, 3.8) is 0 Å². The summed E-state index contributed by atoms with van der Waals surface area (Å²) in [6.45, 7) is 12.9. The maximum atomic E-state index is 5.80. The average Bonchev–Trinajstić information content (AvgIpc) is 2.62. The maximum Gasteiger partial charge on any atom is 0.130 e. The van der Waals surface area contributed by atoms with Crippen LogP contribution in [0, 0.1) is 6.92 Å². The molecule has 0 aliphatic carbocycles. The number of nitrogens with one attached hydrogen (secondary N) is 1. The second-order valence-electron chi connectivity index (χ2n) is 5.83. The predicted molar refractivity (Wildman–Crippen MR) is 74.6 cm³/mol. The second kappa shape index (κ2) is 6.95. The van der Waals surface area contributed by atoms with Crippen molar-refractivity contribution in [3.05, 3.63) is 23.2 Å². The zero-order valence-electron chi connectivity index (χ0n) is 12.4. The van der Waals surface area contributed by atoms with E-state index in [-0.39, 0.29) is 5.54 Å². The number of hydrogen-bond acceptors (Lipinski definition) is 3. The summed E-state index contributed by atoms with van der Waals surface area (Å²) in [7, 11) is 0. The molecule has 0 aliphatic rings. The third-order valence-electron chi connectivity index (χ3n) is 2.74. The van der Waals surface area contributed by atoms with Crippen LogP contribution in [0.2, 0.25) is 0 Å². The molecule has 0 fully saturated rings. The van der Waals surface area contributed by atoms with Crippen LogP contribution < -0.4 is 5.32 Å². The van der Waals surface area contributed by atoms with Gasteiger partial charge in [0.1, 0.15) is 18.1 Å². The number of hydrogen-bond donors (Lipinski definition) is 1. The van der Waals surface area contributed by atoms with Crippen molar-refractivity contribution in [1.82, 2.24) is 5.32 Å². The lowest BCUT2D eigenvalue weighted by atomic mass is 10.1. The minimum absolute atomic E-state index is 0.108. The van der Waals surface area contributed by atoms with E-state index in [0.717, 1.165) is 37.5 Å². The van der Waals surface area contributed by atoms with Gasteiger partial charge < -0.3 is 14.5 Å². The Balaban J connectivity index is 2.43. The molecule has 0 atom stereocenters. The van der Waals surface area contributed by atoms with Gasteiger partial charge in [-0.1, -0.05) is 13.3 Å². The first-order valence-corrected chi connectivity index (χ1v) is 6.83. The summed E-state index contributed by atoms with van der Waals surface area (Å²) < 4.78 is 11.4. The van der Waals surface area contributed by atoms with Gasteiger partial charge in [-0.2, -0.15) is 0 Å². The zero-order valence-corrected chi connectivity index (χ0v) is 12.4. The van der Waals surface area contributed by atoms with Crippen molar-refractivity contribution in [2.24, 2.45) is 0 Å². The highest BCUT2D eigenvalue weighted by Gasteiger charge is 2.12. The Hall–Kier alpha value is -0.800. The smallest absolute Gasteiger partial charge is 0.130 e. The lowest BCUT2D eigenvalue weighted by molar-refractivity contribution is 0.102. The minimum Gasteiger partial charge on any atom is -0.462 e. The summed E-state index contributed by atoms with van der Waals surface area (Å²) in [4.78, 5) is 0. The molecule has 0 aliphatic heterocycles. The summed E-state index contributed by atoms with van der Waals surface area (Å²) in [5.74, 6) is 1.94. The van der Waals surface area contributed by atoms with Crippen LogP contribution in [0.15, 0.2) is 10.5 Å². The molecule has 0 aromatic carbocycles. The van der Waals surface area contributed by atoms with E-state index in [1.165, 1.54) is 5.56 Å². The molecule has 1 heterocycles. The number of rotatable bonds is 7. The fraction of sp³-hybridized carbons (Fsp3) is 0.733. The highest BCUT2D eigenvalue weighted by atomic mass is 16.5. The summed E-state index contributed by atoms with van der Waals surface area (Å²) in [6.07, 6.45) is 2.27. The summed E-state index contributed by atoms with van der Waals surface area (Å²) in [6, 6.07) is 2.08. The molecular weight excluding hydrogens is 226 g/mol. The highest BCUT2D eigenvalue weighted by molar-refractivity contribution is 5.19. The van der Waals surface area contributed by atoms with Crippen molar-refractivity contribution < 1.29 is 9.15 Å². The molecule has 0 saturated heterocycles. The second-order valence-corrected chi connectivity index (χ2v) is 5.83. The van der Waals surface area contributed by atoms with Crippen molar-refractivity contribution in [1.29, 1.82) is 0 Å². The van der Waals surface area contributed by atoms with Crippen LogP contribution in [0.25, 0.3) is 0 Å². The van der Waals surface area contributed by atoms with Gasteiger partial charge in [-0.3, -0.25) is 0 Å². The minimum atomic E-state index is 0.108. The van der Waals surface area contributed by atoms with Gasteiger partial charge in [-0.05, 0) is 45.7 Å². The normalized spacial score (nSPS) is 12.1. The molecule has 0 saturated carbocycles. The van der Waals surface area contributed by atoms with E-state index in [1.807, 2.05) is 0 Å². The topological polar surface area (TPSA) is 34.4 Å². The predicted octanol–water partition coefficient (Wildman–Crippen LogP) is 3.79. The lowest BCUT2D eigenvalue weighted by Gasteiger charge is -2.19. The summed E-state index contributed by atoms with van der Waals surface area (Å²) >= 11 is 0. The molecule has 3 nitrogen and oxygen atoms in total. The van der Waals surface area contributed by atoms with E-state index in [9.17, 15) is 0 Å². The molecule has 0 amide bonds. The molecule has 0 unspecified atom stereocenters. The van der Waals surface area contributed by atoms with Gasteiger partial charge in [0.05, 0.1) is 6.54 Å². The van der Waals surface area contributed by atoms with Crippen LogP contribution in [-0.2, 0) is 17.9 Å². The van der Waals surface area contributed by atoms with Gasteiger partial charge >= 0.3 is 0 Å². The van der Waals surface area contributed by atoms with Crippen LogP contribution in [0.4, 0.5) is 0 Å². The maximum absolute atomic E-state index is 5.80. The first-order valence-electron chi connectivity index (χ1n) is 6.83. The van der Waals surface area contributed by atoms with Gasteiger partial charge in [-0.25, -0.2) is 0 Å². The third-order valence-corrected chi connectivity index (χ3v) is 2.74. The Kier molecular flexibility index (Phi) is 5.89. The lowest BCUT2D eigenvalue weighted by Crippen LogP contribution is -2.35. The monoisotopic (exact) mass is 253 g/mol. The Bertz CT molecular complexity index is 350. The summed E-state index contributed by atoms with van der Waals surface area (Å²) in [5, 5.41) is 3.43. The summed E-state index contributed by atoms with van der Waals surface area (Å²) in [5.41, 5.74) is 1.30. The highest BCUT2D eigenvalue weighted by Crippen LogP contribution is 2.16. The Morgan fingerprint density at radius 2 is 2.06 bits per heavy atom. The Labute approximate surface area is 111 Å². The van der Waals surface area contributed by atoms with E-state index >= 15 is 0 Å². The molecule has 1 rings (SSSR count). The molecule has 0 bridgehead atoms. The molecule has 104 valence electrons. The standard InChI is InChI=1S/C15H27NO2/c1-6-7-8-17-11-13-9-12(2)14(18-13)10-16-15(3,4)5/h9,16H,6-8,10-11H2,1-5H3. The van der Waals surface area contributed by atoms with Crippen LogP contribution in [-0.4, -0.2) is 12.1 Å². The van der Waals surface area contributed by atoms with E-state index < -0.39 is 0 Å². The molecular formula is C15H27NO2. The van der Waals surface area contributed by atoms with E-state index in [1.54, 1.807) is 0 Å². The first kappa shape index (κ1) is 15.3. The van der Waals surface area contributed by atoms with Crippen molar-refractivity contribution in [2.45, 2.75) is 66.2 Å². The molecule has 1 N–H and O–H groups in total. The van der Waals surface area contributed by atoms with E-state index in [4.69, 9.17) is 9.15 Å². The molecule has 0 radical (unpaired) electrons. The number of unbranched alkanes of at least 4 members (excludes halogenated alkanes) is 1. The number of aryl methyl sites for hydroxylation is 1. The van der Waals surface area contributed by atoms with Crippen LogP contribution in [0.1, 0.15) is 57.6 Å². The Morgan fingerprint density at radius 3 is 2.67 bits per heavy atom. The molecule has 1 aromatic rings. The van der Waals surface area contributed by atoms with Crippen molar-refractivity contribution in [2.75, 3.05) is 6.61 Å². The molecule has 3 heteroatoms. The van der Waals surface area contributed by atoms with Crippen LogP contribution in [0.5, 0.6) is 0 Å². The SMILES string of the molecule is CCCCOCc1cc(C)c(CNC(C)(C)C)o1. The van der Waals surface area contributed by atoms with Gasteiger partial charge in [0.2, 0.25) is 0 Å². The number of ether oxygens (including phenoxy) is 1. The fourth-order valence-corrected chi connectivity index (χ4v) is 1.60. The van der Waals surface area contributed by atoms with Crippen LogP contribution in [0.3, 0.4) is 0 Å². The Morgan fingerprint density at radius 1 is 1.33 bits per heavy atom. The van der Waals surface area contributed by atoms with Crippen molar-refractivity contribution in [3.8, 4) is 0 Å². The van der Waals surface area contributed by atoms with Gasteiger partial charge in [-0.15, -0.1) is 0 Å². The molecule has 1 aromatic heterocycles. The first-order chi connectivity index (χ1) is 8.42. The van der Waals surface area contributed by atoms with Gasteiger partial charge in [0, 0.05) is 12.1 Å². The van der Waals surface area contributed by atoms with Gasteiger partial charge in [0.15, 0.2) is 0 Å². The quantitative estimate of drug-likeness (QED) is 0.751. The third kappa shape index (κ3) is 5.69. The van der Waals surface area contributed by atoms with Crippen LogP contribution >= 0.6 is 0 Å². The van der Waals surface area contributed by atoms with Gasteiger partial charge in [0.25, 0.3) is 0 Å².